The van der Waals surface area contributed by atoms with Gasteiger partial charge in [0.2, 0.25) is 0 Å². The number of hydrogen-bond acceptors (Lipinski definition) is 2. The molecule has 0 aliphatic carbocycles. The summed E-state index contributed by atoms with van der Waals surface area (Å²) in [7, 11) is 1.67. The Hall–Kier alpha value is -1.81. The summed E-state index contributed by atoms with van der Waals surface area (Å²) in [5.41, 5.74) is 3.29. The van der Waals surface area contributed by atoms with E-state index >= 15 is 0 Å². The second-order valence-electron chi connectivity index (χ2n) is 4.20. The molecule has 1 aromatic heterocycles. The SMILES string of the molecule is CN[C@@H](Cc1c[nH]c2c(C)cccc12)C(=O)O. The summed E-state index contributed by atoms with van der Waals surface area (Å²) in [5, 5.41) is 12.9. The van der Waals surface area contributed by atoms with Crippen molar-refractivity contribution in [2.45, 2.75) is 19.4 Å². The van der Waals surface area contributed by atoms with Crippen molar-refractivity contribution in [1.29, 1.82) is 0 Å². The Kier molecular flexibility index (Phi) is 3.15. The van der Waals surface area contributed by atoms with E-state index in [0.29, 0.717) is 6.42 Å². The Balaban J connectivity index is 2.37. The first-order valence-corrected chi connectivity index (χ1v) is 5.59. The highest BCUT2D eigenvalue weighted by atomic mass is 16.4. The van der Waals surface area contributed by atoms with Gasteiger partial charge in [-0.2, -0.15) is 0 Å². The number of para-hydroxylation sites is 1. The number of aromatic amines is 1. The first kappa shape index (κ1) is 11.7. The summed E-state index contributed by atoms with van der Waals surface area (Å²) in [4.78, 5) is 14.2. The van der Waals surface area contributed by atoms with Gasteiger partial charge in [0.15, 0.2) is 0 Å². The van der Waals surface area contributed by atoms with Crippen LogP contribution in [-0.2, 0) is 11.2 Å². The van der Waals surface area contributed by atoms with Crippen molar-refractivity contribution in [3.05, 3.63) is 35.5 Å². The van der Waals surface area contributed by atoms with Crippen molar-refractivity contribution in [3.8, 4) is 0 Å². The van der Waals surface area contributed by atoms with Crippen molar-refractivity contribution in [1.82, 2.24) is 10.3 Å². The van der Waals surface area contributed by atoms with Crippen LogP contribution in [-0.4, -0.2) is 29.1 Å². The predicted molar refractivity (Wildman–Crippen MR) is 67.2 cm³/mol. The molecule has 0 unspecified atom stereocenters. The van der Waals surface area contributed by atoms with E-state index in [1.807, 2.05) is 31.3 Å². The highest BCUT2D eigenvalue weighted by Gasteiger charge is 2.17. The lowest BCUT2D eigenvalue weighted by Crippen LogP contribution is -2.35. The molecule has 4 heteroatoms. The fourth-order valence-corrected chi connectivity index (χ4v) is 2.07. The fraction of sp³-hybridized carbons (Fsp3) is 0.308. The van der Waals surface area contributed by atoms with Crippen LogP contribution in [0.5, 0.6) is 0 Å². The Bertz CT molecular complexity index is 545. The lowest BCUT2D eigenvalue weighted by atomic mass is 10.0. The van der Waals surface area contributed by atoms with E-state index in [2.05, 4.69) is 10.3 Å². The van der Waals surface area contributed by atoms with Gasteiger partial charge in [-0.15, -0.1) is 0 Å². The molecule has 0 saturated heterocycles. The molecule has 0 aliphatic rings. The van der Waals surface area contributed by atoms with Crippen LogP contribution in [0.1, 0.15) is 11.1 Å². The zero-order chi connectivity index (χ0) is 12.4. The van der Waals surface area contributed by atoms with Gasteiger partial charge in [-0.25, -0.2) is 0 Å². The van der Waals surface area contributed by atoms with E-state index in [1.54, 1.807) is 7.05 Å². The number of nitrogens with one attached hydrogen (secondary N) is 2. The highest BCUT2D eigenvalue weighted by Crippen LogP contribution is 2.22. The molecule has 4 nitrogen and oxygen atoms in total. The molecule has 1 heterocycles. The predicted octanol–water partition coefficient (Wildman–Crippen LogP) is 1.69. The number of carbonyl (C=O) groups is 1. The molecule has 1 atom stereocenters. The van der Waals surface area contributed by atoms with Crippen LogP contribution in [0, 0.1) is 6.92 Å². The van der Waals surface area contributed by atoms with Crippen molar-refractivity contribution in [3.63, 3.8) is 0 Å². The highest BCUT2D eigenvalue weighted by molar-refractivity contribution is 5.86. The van der Waals surface area contributed by atoms with Crippen LogP contribution in [0.2, 0.25) is 0 Å². The number of carboxylic acids is 1. The molecule has 0 saturated carbocycles. The van der Waals surface area contributed by atoms with Crippen LogP contribution in [0.25, 0.3) is 10.9 Å². The molecule has 0 amide bonds. The van der Waals surface area contributed by atoms with Crippen LogP contribution >= 0.6 is 0 Å². The summed E-state index contributed by atoms with van der Waals surface area (Å²) < 4.78 is 0. The minimum absolute atomic E-state index is 0.481. The summed E-state index contributed by atoms with van der Waals surface area (Å²) in [6.07, 6.45) is 2.38. The normalized spacial score (nSPS) is 12.8. The molecule has 2 rings (SSSR count). The average molecular weight is 232 g/mol. The first-order chi connectivity index (χ1) is 8.13. The smallest absolute Gasteiger partial charge is 0.321 e. The summed E-state index contributed by atoms with van der Waals surface area (Å²) in [5.74, 6) is -0.825. The van der Waals surface area contributed by atoms with Gasteiger partial charge in [-0.05, 0) is 25.1 Å². The second kappa shape index (κ2) is 4.59. The molecule has 2 aromatic rings. The van der Waals surface area contributed by atoms with Crippen LogP contribution in [0.4, 0.5) is 0 Å². The van der Waals surface area contributed by atoms with E-state index in [0.717, 1.165) is 16.5 Å². The number of likely N-dealkylation sites (N-methyl/N-ethyl adjacent to an activating group) is 1. The van der Waals surface area contributed by atoms with Gasteiger partial charge in [0, 0.05) is 23.5 Å². The molecule has 0 aliphatic heterocycles. The summed E-state index contributed by atoms with van der Waals surface area (Å²) >= 11 is 0. The minimum Gasteiger partial charge on any atom is -0.480 e. The maximum Gasteiger partial charge on any atom is 0.321 e. The number of aromatic nitrogens is 1. The van der Waals surface area contributed by atoms with E-state index in [4.69, 9.17) is 5.11 Å². The van der Waals surface area contributed by atoms with Gasteiger partial charge in [-0.3, -0.25) is 4.79 Å². The van der Waals surface area contributed by atoms with Gasteiger partial charge in [0.25, 0.3) is 0 Å². The summed E-state index contributed by atoms with van der Waals surface area (Å²) in [6.45, 7) is 2.04. The maximum atomic E-state index is 11.0. The van der Waals surface area contributed by atoms with Crippen LogP contribution in [0.3, 0.4) is 0 Å². The zero-order valence-electron chi connectivity index (χ0n) is 9.95. The molecular weight excluding hydrogens is 216 g/mol. The Morgan fingerprint density at radius 3 is 2.94 bits per heavy atom. The fourth-order valence-electron chi connectivity index (χ4n) is 2.07. The Morgan fingerprint density at radius 1 is 1.53 bits per heavy atom. The Morgan fingerprint density at radius 2 is 2.29 bits per heavy atom. The third-order valence-corrected chi connectivity index (χ3v) is 3.08. The van der Waals surface area contributed by atoms with Gasteiger partial charge < -0.3 is 15.4 Å². The number of H-pyrrole nitrogens is 1. The molecular formula is C13H16N2O2. The van der Waals surface area contributed by atoms with Gasteiger partial charge in [0.05, 0.1) is 0 Å². The third kappa shape index (κ3) is 2.17. The van der Waals surface area contributed by atoms with Crippen molar-refractivity contribution in [2.75, 3.05) is 7.05 Å². The number of fused-ring (bicyclic) bond motifs is 1. The van der Waals surface area contributed by atoms with Gasteiger partial charge >= 0.3 is 5.97 Å². The topological polar surface area (TPSA) is 65.1 Å². The monoisotopic (exact) mass is 232 g/mol. The number of aryl methyl sites for hydroxylation is 1. The number of aliphatic carboxylic acids is 1. The number of benzene rings is 1. The van der Waals surface area contributed by atoms with E-state index in [9.17, 15) is 4.79 Å². The third-order valence-electron chi connectivity index (χ3n) is 3.08. The summed E-state index contributed by atoms with van der Waals surface area (Å²) in [6, 6.07) is 5.50. The largest absolute Gasteiger partial charge is 0.480 e. The lowest BCUT2D eigenvalue weighted by Gasteiger charge is -2.10. The van der Waals surface area contributed by atoms with Gasteiger partial charge in [-0.1, -0.05) is 18.2 Å². The zero-order valence-corrected chi connectivity index (χ0v) is 9.95. The van der Waals surface area contributed by atoms with E-state index in [-0.39, 0.29) is 0 Å². The van der Waals surface area contributed by atoms with Crippen molar-refractivity contribution >= 4 is 16.9 Å². The number of carboxylic acid groups (broad SMARTS) is 1. The molecule has 0 bridgehead atoms. The molecule has 0 fully saturated rings. The maximum absolute atomic E-state index is 11.0. The standard InChI is InChI=1S/C13H16N2O2/c1-8-4-3-5-10-9(7-15-12(8)10)6-11(14-2)13(16)17/h3-5,7,11,14-15H,6H2,1-2H3,(H,16,17)/t11-/m0/s1. The minimum atomic E-state index is -0.825. The van der Waals surface area contributed by atoms with E-state index in [1.165, 1.54) is 5.56 Å². The molecule has 90 valence electrons. The second-order valence-corrected chi connectivity index (χ2v) is 4.20. The molecule has 17 heavy (non-hydrogen) atoms. The van der Waals surface area contributed by atoms with Gasteiger partial charge in [0.1, 0.15) is 6.04 Å². The van der Waals surface area contributed by atoms with Crippen molar-refractivity contribution < 1.29 is 9.90 Å². The lowest BCUT2D eigenvalue weighted by molar-refractivity contribution is -0.139. The first-order valence-electron chi connectivity index (χ1n) is 5.59. The number of rotatable bonds is 4. The molecule has 1 aromatic carbocycles. The van der Waals surface area contributed by atoms with Crippen LogP contribution < -0.4 is 5.32 Å². The van der Waals surface area contributed by atoms with Crippen molar-refractivity contribution in [2.24, 2.45) is 0 Å². The molecule has 0 radical (unpaired) electrons. The number of hydrogen-bond donors (Lipinski definition) is 3. The van der Waals surface area contributed by atoms with Crippen LogP contribution in [0.15, 0.2) is 24.4 Å². The quantitative estimate of drug-likeness (QED) is 0.751. The van der Waals surface area contributed by atoms with E-state index < -0.39 is 12.0 Å². The average Bonchev–Trinajstić information content (AvgIpc) is 2.70. The Labute approximate surface area is 99.7 Å². The molecule has 3 N–H and O–H groups in total. The molecule has 0 spiro atoms.